The number of rotatable bonds is 26. The molecule has 1 heterocycles. The third-order valence-corrected chi connectivity index (χ3v) is 11.3. The third kappa shape index (κ3) is 15.2. The molecule has 0 aromatic heterocycles. The second-order valence-electron chi connectivity index (χ2n) is 15.6. The maximum absolute atomic E-state index is 13.2. The molecule has 4 rings (SSSR count). The standard InChI is InChI=1S/C47H69ClN4O3/c1-4-5-18-33-55-43(19-16-14-12-10-8-6-7-9-11-13-15-17-31-49)30-32-50-47(54)39-22-20-38(21-23-39)40-24-29-46-44(35-40)45(34-36(2)52(46)37(3)53)51-42-27-25-41(48)26-28-42/h20-29,35-36,43,45,51H,4-19,30-34,49H2,1-3H3,(H,50,54)/t36-,43?,45+/m0/s1. The summed E-state index contributed by atoms with van der Waals surface area (Å²) in [5.74, 6) is -0.0241. The number of amides is 2. The van der Waals surface area contributed by atoms with Gasteiger partial charge >= 0.3 is 0 Å². The average Bonchev–Trinajstić information content (AvgIpc) is 3.18. The fourth-order valence-corrected chi connectivity index (χ4v) is 7.99. The van der Waals surface area contributed by atoms with Gasteiger partial charge in [-0.3, -0.25) is 9.59 Å². The van der Waals surface area contributed by atoms with Crippen molar-refractivity contribution in [3.63, 3.8) is 0 Å². The van der Waals surface area contributed by atoms with E-state index in [-0.39, 0.29) is 30.0 Å². The number of nitrogens with zero attached hydrogens (tertiary/aromatic N) is 1. The van der Waals surface area contributed by atoms with Crippen molar-refractivity contribution >= 4 is 34.8 Å². The van der Waals surface area contributed by atoms with Crippen LogP contribution in [0.4, 0.5) is 11.4 Å². The van der Waals surface area contributed by atoms with Crippen LogP contribution < -0.4 is 21.3 Å². The summed E-state index contributed by atoms with van der Waals surface area (Å²) in [4.78, 5) is 27.8. The quantitative estimate of drug-likeness (QED) is 0.0706. The molecular weight excluding hydrogens is 704 g/mol. The van der Waals surface area contributed by atoms with Crippen LogP contribution in [0.15, 0.2) is 66.7 Å². The fraction of sp³-hybridized carbons (Fsp3) is 0.574. The number of unbranched alkanes of at least 4 members (excludes halogenated alkanes) is 13. The van der Waals surface area contributed by atoms with Gasteiger partial charge in [0, 0.05) is 48.1 Å². The summed E-state index contributed by atoms with van der Waals surface area (Å²) in [6.45, 7) is 8.17. The number of hydrogen-bond donors (Lipinski definition) is 3. The first-order valence-electron chi connectivity index (χ1n) is 21.5. The third-order valence-electron chi connectivity index (χ3n) is 11.0. The maximum atomic E-state index is 13.2. The minimum absolute atomic E-state index is 0.0213. The topological polar surface area (TPSA) is 96.7 Å². The highest BCUT2D eigenvalue weighted by Gasteiger charge is 2.32. The lowest BCUT2D eigenvalue weighted by atomic mass is 9.88. The van der Waals surface area contributed by atoms with Gasteiger partial charge in [-0.15, -0.1) is 0 Å². The largest absolute Gasteiger partial charge is 0.378 e. The van der Waals surface area contributed by atoms with E-state index in [0.717, 1.165) is 66.9 Å². The number of hydrogen-bond acceptors (Lipinski definition) is 5. The number of nitrogens with one attached hydrogen (secondary N) is 2. The first kappa shape index (κ1) is 44.3. The molecular formula is C47H69ClN4O3. The van der Waals surface area contributed by atoms with Crippen molar-refractivity contribution in [3.05, 3.63) is 82.9 Å². The zero-order chi connectivity index (χ0) is 39.3. The van der Waals surface area contributed by atoms with Gasteiger partial charge in [0.25, 0.3) is 5.91 Å². The number of nitrogens with two attached hydrogens (primary N) is 1. The Hall–Kier alpha value is -3.39. The van der Waals surface area contributed by atoms with Gasteiger partial charge in [-0.05, 0) is 111 Å². The van der Waals surface area contributed by atoms with E-state index in [1.54, 1.807) is 6.92 Å². The summed E-state index contributed by atoms with van der Waals surface area (Å²) in [7, 11) is 0. The van der Waals surface area contributed by atoms with Gasteiger partial charge in [-0.1, -0.05) is 120 Å². The Morgan fingerprint density at radius 3 is 2.04 bits per heavy atom. The summed E-state index contributed by atoms with van der Waals surface area (Å²) in [6, 6.07) is 21.9. The Morgan fingerprint density at radius 1 is 0.800 bits per heavy atom. The molecule has 3 atom stereocenters. The Labute approximate surface area is 337 Å². The lowest BCUT2D eigenvalue weighted by Gasteiger charge is -2.39. The van der Waals surface area contributed by atoms with Crippen LogP contribution in [0.3, 0.4) is 0 Å². The lowest BCUT2D eigenvalue weighted by molar-refractivity contribution is -0.117. The zero-order valence-electron chi connectivity index (χ0n) is 34.1. The average molecular weight is 774 g/mol. The molecule has 302 valence electrons. The minimum atomic E-state index is -0.0596. The van der Waals surface area contributed by atoms with Crippen LogP contribution in [-0.2, 0) is 9.53 Å². The highest BCUT2D eigenvalue weighted by molar-refractivity contribution is 6.30. The predicted octanol–water partition coefficient (Wildman–Crippen LogP) is 12.0. The molecule has 4 N–H and O–H groups in total. The van der Waals surface area contributed by atoms with Crippen LogP contribution in [0, 0.1) is 0 Å². The number of anilines is 2. The number of benzene rings is 3. The summed E-state index contributed by atoms with van der Waals surface area (Å²) >= 11 is 6.14. The minimum Gasteiger partial charge on any atom is -0.378 e. The maximum Gasteiger partial charge on any atom is 0.251 e. The number of halogens is 1. The zero-order valence-corrected chi connectivity index (χ0v) is 34.8. The molecule has 1 aliphatic rings. The molecule has 0 aliphatic carbocycles. The Kier molecular flexibility index (Phi) is 20.1. The number of carbonyl (C=O) groups excluding carboxylic acids is 2. The molecule has 3 aromatic rings. The molecule has 3 aromatic carbocycles. The van der Waals surface area contributed by atoms with Crippen LogP contribution in [0.25, 0.3) is 11.1 Å². The first-order valence-corrected chi connectivity index (χ1v) is 21.8. The molecule has 0 radical (unpaired) electrons. The van der Waals surface area contributed by atoms with Crippen molar-refractivity contribution in [2.45, 2.75) is 155 Å². The van der Waals surface area contributed by atoms with Crippen molar-refractivity contribution in [2.75, 3.05) is 29.9 Å². The molecule has 1 aliphatic heterocycles. The van der Waals surface area contributed by atoms with E-state index in [4.69, 9.17) is 22.1 Å². The van der Waals surface area contributed by atoms with Gasteiger partial charge in [0.1, 0.15) is 0 Å². The summed E-state index contributed by atoms with van der Waals surface area (Å²) < 4.78 is 6.32. The van der Waals surface area contributed by atoms with E-state index in [0.29, 0.717) is 17.1 Å². The van der Waals surface area contributed by atoms with Crippen LogP contribution >= 0.6 is 11.6 Å². The van der Waals surface area contributed by atoms with Gasteiger partial charge in [-0.25, -0.2) is 0 Å². The van der Waals surface area contributed by atoms with Gasteiger partial charge in [0.2, 0.25) is 5.91 Å². The predicted molar refractivity (Wildman–Crippen MR) is 232 cm³/mol. The highest BCUT2D eigenvalue weighted by Crippen LogP contribution is 2.41. The van der Waals surface area contributed by atoms with Gasteiger partial charge in [-0.2, -0.15) is 0 Å². The molecule has 7 nitrogen and oxygen atoms in total. The SMILES string of the molecule is CCCCCOC(CCCCCCCCCCCCCCN)CCNC(=O)c1ccc(-c2ccc3c(c2)[C@H](Nc2ccc(Cl)cc2)C[C@H](C)N3C(C)=O)cc1. The van der Waals surface area contributed by atoms with E-state index in [1.165, 1.54) is 89.9 Å². The molecule has 0 saturated carbocycles. The number of ether oxygens (including phenoxy) is 1. The normalized spacial score (nSPS) is 15.8. The smallest absolute Gasteiger partial charge is 0.251 e. The lowest BCUT2D eigenvalue weighted by Crippen LogP contribution is -2.43. The Bertz CT molecular complexity index is 1550. The summed E-state index contributed by atoms with van der Waals surface area (Å²) in [5, 5.41) is 7.52. The van der Waals surface area contributed by atoms with Crippen molar-refractivity contribution in [1.82, 2.24) is 5.32 Å². The molecule has 0 fully saturated rings. The van der Waals surface area contributed by atoms with E-state index >= 15 is 0 Å². The highest BCUT2D eigenvalue weighted by atomic mass is 35.5. The van der Waals surface area contributed by atoms with E-state index in [1.807, 2.05) is 53.4 Å². The fourth-order valence-electron chi connectivity index (χ4n) is 7.87. The number of carbonyl (C=O) groups is 2. The van der Waals surface area contributed by atoms with Crippen LogP contribution in [0.2, 0.25) is 5.02 Å². The van der Waals surface area contributed by atoms with Gasteiger partial charge < -0.3 is 26.0 Å². The van der Waals surface area contributed by atoms with Crippen LogP contribution in [0.1, 0.15) is 158 Å². The molecule has 2 amide bonds. The van der Waals surface area contributed by atoms with E-state index in [2.05, 4.69) is 42.7 Å². The second-order valence-corrected chi connectivity index (χ2v) is 16.0. The number of fused-ring (bicyclic) bond motifs is 1. The van der Waals surface area contributed by atoms with Gasteiger partial charge in [0.05, 0.1) is 12.1 Å². The molecule has 1 unspecified atom stereocenters. The van der Waals surface area contributed by atoms with Crippen molar-refractivity contribution in [3.8, 4) is 11.1 Å². The van der Waals surface area contributed by atoms with Crippen LogP contribution in [0.5, 0.6) is 0 Å². The van der Waals surface area contributed by atoms with Crippen molar-refractivity contribution < 1.29 is 14.3 Å². The molecule has 8 heteroatoms. The van der Waals surface area contributed by atoms with E-state index in [9.17, 15) is 9.59 Å². The molecule has 0 saturated heterocycles. The van der Waals surface area contributed by atoms with Crippen molar-refractivity contribution in [1.29, 1.82) is 0 Å². The molecule has 0 spiro atoms. The second kappa shape index (κ2) is 25.0. The van der Waals surface area contributed by atoms with Crippen LogP contribution in [-0.4, -0.2) is 43.7 Å². The monoisotopic (exact) mass is 773 g/mol. The summed E-state index contributed by atoms with van der Waals surface area (Å²) in [6.07, 6.45) is 22.0. The Morgan fingerprint density at radius 2 is 1.42 bits per heavy atom. The van der Waals surface area contributed by atoms with E-state index < -0.39 is 0 Å². The Balaban J connectivity index is 1.26. The summed E-state index contributed by atoms with van der Waals surface area (Å²) in [5.41, 5.74) is 11.3. The molecule has 0 bridgehead atoms. The first-order chi connectivity index (χ1) is 26.8. The molecule has 55 heavy (non-hydrogen) atoms. The van der Waals surface area contributed by atoms with Gasteiger partial charge in [0.15, 0.2) is 0 Å². The van der Waals surface area contributed by atoms with Crippen molar-refractivity contribution in [2.24, 2.45) is 5.73 Å².